The number of carbonyl (C=O) groups is 3. The second-order valence-corrected chi connectivity index (χ2v) is 16.1. The number of aromatic nitrogens is 2. The van der Waals surface area contributed by atoms with Crippen LogP contribution in [0.25, 0.3) is 0 Å². The molecule has 4 amide bonds. The monoisotopic (exact) mass is 712 g/mol. The van der Waals surface area contributed by atoms with E-state index in [4.69, 9.17) is 0 Å². The third-order valence-corrected chi connectivity index (χ3v) is 10.1. The Morgan fingerprint density at radius 3 is 2.33 bits per heavy atom. The summed E-state index contributed by atoms with van der Waals surface area (Å²) in [5, 5.41) is 21.0. The maximum absolute atomic E-state index is 13.9. The Labute approximate surface area is 298 Å². The Morgan fingerprint density at radius 2 is 1.71 bits per heavy atom. The number of aliphatic hydroxyl groups is 1. The predicted molar refractivity (Wildman–Crippen MR) is 194 cm³/mol. The van der Waals surface area contributed by atoms with E-state index in [0.29, 0.717) is 32.6 Å². The molecule has 3 heterocycles. The molecule has 2 aromatic heterocycles. The first kappa shape index (κ1) is 38.4. The first-order valence-electron chi connectivity index (χ1n) is 16.8. The van der Waals surface area contributed by atoms with Crippen molar-refractivity contribution in [2.45, 2.75) is 77.9 Å². The van der Waals surface area contributed by atoms with E-state index in [1.807, 2.05) is 81.6 Å². The van der Waals surface area contributed by atoms with E-state index in [2.05, 4.69) is 30.8 Å². The fraction of sp³-hybridized carbons (Fsp3) is 0.571. The normalized spacial score (nSPS) is 17.7. The highest BCUT2D eigenvalue weighted by atomic mass is 32.1. The number of β-amino-alcohol motifs (C(OH)–C–C–N with tert-alkyl or cyclic N) is 1. The molecule has 4 atom stereocenters. The lowest BCUT2D eigenvalue weighted by Crippen LogP contribution is -2.63. The molecule has 0 radical (unpaired) electrons. The van der Waals surface area contributed by atoms with Crippen LogP contribution in [-0.4, -0.2) is 111 Å². The van der Waals surface area contributed by atoms with Gasteiger partial charge in [-0.3, -0.25) is 29.4 Å². The number of hydrogen-bond donors (Lipinski definition) is 4. The third kappa shape index (κ3) is 12.1. The highest BCUT2D eigenvalue weighted by Crippen LogP contribution is 2.19. The average Bonchev–Trinajstić information content (AvgIpc) is 3.75. The number of rotatable bonds is 15. The Kier molecular flexibility index (Phi) is 14.1. The molecule has 1 saturated heterocycles. The number of benzene rings is 1. The zero-order valence-electron chi connectivity index (χ0n) is 29.5. The molecule has 4 N–H and O–H groups in total. The van der Waals surface area contributed by atoms with Crippen LogP contribution in [0.3, 0.4) is 0 Å². The van der Waals surface area contributed by atoms with E-state index in [-0.39, 0.29) is 36.9 Å². The van der Waals surface area contributed by atoms with Gasteiger partial charge >= 0.3 is 6.03 Å². The number of hydrogen-bond acceptors (Lipinski definition) is 10. The molecule has 49 heavy (non-hydrogen) atoms. The van der Waals surface area contributed by atoms with Gasteiger partial charge in [0.15, 0.2) is 0 Å². The first-order valence-corrected chi connectivity index (χ1v) is 18.6. The van der Waals surface area contributed by atoms with E-state index in [9.17, 15) is 19.5 Å². The van der Waals surface area contributed by atoms with Gasteiger partial charge in [0.1, 0.15) is 6.04 Å². The fourth-order valence-corrected chi connectivity index (χ4v) is 7.16. The van der Waals surface area contributed by atoms with Gasteiger partial charge in [-0.15, -0.1) is 22.7 Å². The van der Waals surface area contributed by atoms with Crippen molar-refractivity contribution in [3.63, 3.8) is 0 Å². The van der Waals surface area contributed by atoms with Crippen LogP contribution in [0.1, 0.15) is 49.9 Å². The van der Waals surface area contributed by atoms with E-state index in [1.54, 1.807) is 35.0 Å². The third-order valence-electron chi connectivity index (χ3n) is 8.59. The van der Waals surface area contributed by atoms with Crippen molar-refractivity contribution in [1.29, 1.82) is 0 Å². The van der Waals surface area contributed by atoms with Gasteiger partial charge in [-0.05, 0) is 38.7 Å². The minimum absolute atomic E-state index is 0.0706. The molecule has 1 fully saturated rings. The summed E-state index contributed by atoms with van der Waals surface area (Å²) in [6.07, 6.45) is 3.04. The van der Waals surface area contributed by atoms with Crippen molar-refractivity contribution in [3.05, 3.63) is 69.1 Å². The Balaban J connectivity index is 1.46. The summed E-state index contributed by atoms with van der Waals surface area (Å²) in [5.74, 6) is -0.921. The molecule has 1 aliphatic rings. The van der Waals surface area contributed by atoms with Gasteiger partial charge in [-0.25, -0.2) is 4.79 Å². The van der Waals surface area contributed by atoms with Crippen LogP contribution in [0, 0.1) is 11.8 Å². The van der Waals surface area contributed by atoms with Crippen LogP contribution in [-0.2, 0) is 29.1 Å². The molecule has 0 unspecified atom stereocenters. The van der Waals surface area contributed by atoms with Crippen molar-refractivity contribution in [3.8, 4) is 0 Å². The Bertz CT molecular complexity index is 1450. The van der Waals surface area contributed by atoms with Crippen molar-refractivity contribution in [2.75, 3.05) is 39.8 Å². The SMILES string of the molecule is CC(C)[C@@H](CNC(=O)N(C)Cc1cncs1)C(=O)N[C@H](Cc1ccccc1)[C@@H](O)CN1CCN(Cc2cncs2)C[C@@H]1C(=O)NC(C)(C)C. The molecule has 1 aromatic carbocycles. The summed E-state index contributed by atoms with van der Waals surface area (Å²) >= 11 is 3.07. The number of aliphatic hydroxyl groups excluding tert-OH is 1. The summed E-state index contributed by atoms with van der Waals surface area (Å²) in [6.45, 7) is 13.1. The van der Waals surface area contributed by atoms with Gasteiger partial charge in [-0.1, -0.05) is 44.2 Å². The van der Waals surface area contributed by atoms with Crippen LogP contribution >= 0.6 is 22.7 Å². The topological polar surface area (TPSA) is 143 Å². The maximum Gasteiger partial charge on any atom is 0.317 e. The zero-order valence-corrected chi connectivity index (χ0v) is 31.1. The molecule has 0 bridgehead atoms. The zero-order chi connectivity index (χ0) is 35.6. The fourth-order valence-electron chi connectivity index (χ4n) is 5.88. The summed E-state index contributed by atoms with van der Waals surface area (Å²) < 4.78 is 0. The molecule has 0 spiro atoms. The summed E-state index contributed by atoms with van der Waals surface area (Å²) in [5.41, 5.74) is 4.10. The van der Waals surface area contributed by atoms with Gasteiger partial charge in [0.2, 0.25) is 11.8 Å². The van der Waals surface area contributed by atoms with E-state index in [0.717, 1.165) is 21.9 Å². The molecule has 3 aromatic rings. The van der Waals surface area contributed by atoms with Crippen molar-refractivity contribution < 1.29 is 19.5 Å². The van der Waals surface area contributed by atoms with Gasteiger partial charge in [0, 0.05) is 74.0 Å². The predicted octanol–water partition coefficient (Wildman–Crippen LogP) is 3.20. The lowest BCUT2D eigenvalue weighted by atomic mass is 9.93. The van der Waals surface area contributed by atoms with Gasteiger partial charge in [0.25, 0.3) is 0 Å². The van der Waals surface area contributed by atoms with E-state index >= 15 is 0 Å². The van der Waals surface area contributed by atoms with Gasteiger partial charge in [-0.2, -0.15) is 0 Å². The van der Waals surface area contributed by atoms with Crippen LogP contribution in [0.4, 0.5) is 4.79 Å². The van der Waals surface area contributed by atoms with Crippen molar-refractivity contribution >= 4 is 40.5 Å². The molecule has 0 aliphatic carbocycles. The largest absolute Gasteiger partial charge is 0.390 e. The van der Waals surface area contributed by atoms with Crippen molar-refractivity contribution in [2.24, 2.45) is 11.8 Å². The van der Waals surface area contributed by atoms with E-state index < -0.39 is 29.6 Å². The first-order chi connectivity index (χ1) is 23.3. The molecule has 268 valence electrons. The second-order valence-electron chi connectivity index (χ2n) is 14.2. The number of carbonyl (C=O) groups excluding carboxylic acids is 3. The molecule has 14 heteroatoms. The molecular formula is C35H52N8O4S2. The van der Waals surface area contributed by atoms with E-state index in [1.165, 1.54) is 11.3 Å². The molecule has 12 nitrogen and oxygen atoms in total. The number of nitrogens with one attached hydrogen (secondary N) is 3. The molecule has 4 rings (SSSR count). The lowest BCUT2D eigenvalue weighted by Gasteiger charge is -2.43. The van der Waals surface area contributed by atoms with Crippen LogP contribution in [0.2, 0.25) is 0 Å². The molecular weight excluding hydrogens is 661 g/mol. The maximum atomic E-state index is 13.9. The highest BCUT2D eigenvalue weighted by molar-refractivity contribution is 7.09. The number of amides is 4. The minimum Gasteiger partial charge on any atom is -0.390 e. The number of urea groups is 1. The van der Waals surface area contributed by atoms with Crippen LogP contribution < -0.4 is 16.0 Å². The minimum atomic E-state index is -0.963. The summed E-state index contributed by atoms with van der Waals surface area (Å²) in [4.78, 5) is 56.6. The quantitative estimate of drug-likeness (QED) is 0.188. The van der Waals surface area contributed by atoms with Crippen LogP contribution in [0.5, 0.6) is 0 Å². The summed E-state index contributed by atoms with van der Waals surface area (Å²) in [6, 6.07) is 8.37. The van der Waals surface area contributed by atoms with Crippen molar-refractivity contribution in [1.82, 2.24) is 40.6 Å². The van der Waals surface area contributed by atoms with Gasteiger partial charge < -0.3 is 26.0 Å². The Hall–Kier alpha value is -3.43. The highest BCUT2D eigenvalue weighted by Gasteiger charge is 2.37. The Morgan fingerprint density at radius 1 is 1.04 bits per heavy atom. The lowest BCUT2D eigenvalue weighted by molar-refractivity contribution is -0.132. The molecule has 1 aliphatic heterocycles. The second kappa shape index (κ2) is 18.0. The smallest absolute Gasteiger partial charge is 0.317 e. The standard InChI is InChI=1S/C35H52N8O4S2/c1-24(2)28(17-38-34(47)41(6)18-26-15-36-22-48-26)32(45)39-29(14-25-10-8-7-9-11-25)31(44)21-43-13-12-42(19-27-16-37-23-49-27)20-30(43)33(46)40-35(3,4)5/h7-11,15-16,22-24,28-31,44H,12-14,17-21H2,1-6H3,(H,38,47)(H,39,45)(H,40,46)/t28-,29-,30-,31+/m1/s1. The summed E-state index contributed by atoms with van der Waals surface area (Å²) in [7, 11) is 1.71. The molecule has 0 saturated carbocycles. The number of thiazole rings is 2. The number of nitrogens with zero attached hydrogens (tertiary/aromatic N) is 5. The number of piperazine rings is 1. The average molecular weight is 713 g/mol. The van der Waals surface area contributed by atoms with Crippen LogP contribution in [0.15, 0.2) is 53.7 Å². The van der Waals surface area contributed by atoms with Gasteiger partial charge in [0.05, 0.1) is 35.6 Å².